The summed E-state index contributed by atoms with van der Waals surface area (Å²) >= 11 is 1.61. The molecule has 0 spiro atoms. The van der Waals surface area contributed by atoms with Gasteiger partial charge in [0, 0.05) is 4.88 Å². The number of nitrogens with one attached hydrogen (secondary N) is 1. The summed E-state index contributed by atoms with van der Waals surface area (Å²) in [5.74, 6) is 0.0850. The van der Waals surface area contributed by atoms with Gasteiger partial charge >= 0.3 is 0 Å². The Morgan fingerprint density at radius 3 is 2.67 bits per heavy atom. The molecule has 0 aliphatic carbocycles. The monoisotopic (exact) mass is 304 g/mol. The molecule has 21 heavy (non-hydrogen) atoms. The molecule has 0 saturated heterocycles. The molecule has 1 heterocycles. The highest BCUT2D eigenvalue weighted by Crippen LogP contribution is 2.27. The topological polar surface area (TPSA) is 62.2 Å². The van der Waals surface area contributed by atoms with Crippen LogP contribution in [-0.4, -0.2) is 16.0 Å². The summed E-state index contributed by atoms with van der Waals surface area (Å²) < 4.78 is 0. The lowest BCUT2D eigenvalue weighted by atomic mass is 10.1. The zero-order chi connectivity index (χ0) is 15.6. The second-order valence-corrected chi connectivity index (χ2v) is 6.88. The molecular weight excluding hydrogens is 284 g/mol. The van der Waals surface area contributed by atoms with Gasteiger partial charge in [-0.25, -0.2) is 4.98 Å². The normalized spacial score (nSPS) is 11.4. The average Bonchev–Trinajstić information content (AvgIpc) is 2.69. The van der Waals surface area contributed by atoms with Crippen LogP contribution in [0.3, 0.4) is 0 Å². The summed E-state index contributed by atoms with van der Waals surface area (Å²) in [7, 11) is 0. The summed E-state index contributed by atoms with van der Waals surface area (Å²) in [6.45, 7) is 7.90. The zero-order valence-corrected chi connectivity index (χ0v) is 13.5. The van der Waals surface area contributed by atoms with Gasteiger partial charge in [0.25, 0.3) is 0 Å². The predicted octanol–water partition coefficient (Wildman–Crippen LogP) is 3.06. The molecule has 0 atom stereocenters. The van der Waals surface area contributed by atoms with E-state index in [0.29, 0.717) is 0 Å². The third-order valence-corrected chi connectivity index (χ3v) is 4.69. The fraction of sp³-hybridized carbons (Fsp3) is 0.375. The number of aromatic nitrogens is 1. The van der Waals surface area contributed by atoms with Crippen molar-refractivity contribution in [1.82, 2.24) is 10.3 Å². The van der Waals surface area contributed by atoms with Crippen LogP contribution in [0.1, 0.15) is 35.0 Å². The number of hydrogen-bond acceptors (Lipinski definition) is 4. The predicted molar refractivity (Wildman–Crippen MR) is 84.6 cm³/mol. The van der Waals surface area contributed by atoms with E-state index in [9.17, 15) is 9.90 Å². The van der Waals surface area contributed by atoms with Crippen LogP contribution in [-0.2, 0) is 16.8 Å². The molecule has 0 aliphatic heterocycles. The number of amides is 1. The first kappa shape index (κ1) is 15.5. The van der Waals surface area contributed by atoms with E-state index in [2.05, 4.69) is 10.3 Å². The number of aryl methyl sites for hydroxylation is 2. The van der Waals surface area contributed by atoms with Crippen molar-refractivity contribution in [2.75, 3.05) is 0 Å². The van der Waals surface area contributed by atoms with Gasteiger partial charge in [-0.2, -0.15) is 0 Å². The molecule has 0 aliphatic rings. The van der Waals surface area contributed by atoms with Crippen molar-refractivity contribution in [2.24, 2.45) is 0 Å². The van der Waals surface area contributed by atoms with Crippen molar-refractivity contribution in [2.45, 2.75) is 39.7 Å². The lowest BCUT2D eigenvalue weighted by Crippen LogP contribution is -2.41. The molecule has 112 valence electrons. The van der Waals surface area contributed by atoms with Gasteiger partial charge in [-0.05, 0) is 45.4 Å². The minimum atomic E-state index is -0.502. The molecule has 5 heteroatoms. The van der Waals surface area contributed by atoms with Crippen molar-refractivity contribution in [3.8, 4) is 5.75 Å². The first-order valence-corrected chi connectivity index (χ1v) is 7.63. The number of phenols is 1. The number of aromatic hydroxyl groups is 1. The summed E-state index contributed by atoms with van der Waals surface area (Å²) in [5, 5.41) is 13.3. The first-order valence-electron chi connectivity index (χ1n) is 6.81. The number of nitrogens with zero attached hydrogens (tertiary/aromatic N) is 1. The smallest absolute Gasteiger partial charge is 0.225 e. The Bertz CT molecular complexity index is 643. The van der Waals surface area contributed by atoms with Crippen LogP contribution in [0, 0.1) is 13.8 Å². The van der Waals surface area contributed by atoms with Gasteiger partial charge in [-0.1, -0.05) is 12.1 Å². The minimum absolute atomic E-state index is 0.0869. The van der Waals surface area contributed by atoms with Gasteiger partial charge in [-0.15, -0.1) is 11.3 Å². The summed E-state index contributed by atoms with van der Waals surface area (Å²) in [4.78, 5) is 17.9. The van der Waals surface area contributed by atoms with Crippen LogP contribution >= 0.6 is 11.3 Å². The molecule has 4 nitrogen and oxygen atoms in total. The molecule has 0 bridgehead atoms. The largest absolute Gasteiger partial charge is 0.508 e. The number of carbonyl (C=O) groups is 1. The van der Waals surface area contributed by atoms with Crippen LogP contribution < -0.4 is 5.32 Å². The Kier molecular flexibility index (Phi) is 4.32. The fourth-order valence-electron chi connectivity index (χ4n) is 2.04. The number of benzene rings is 1. The molecule has 1 aromatic heterocycles. The van der Waals surface area contributed by atoms with Gasteiger partial charge in [0.2, 0.25) is 5.91 Å². The fourth-order valence-corrected chi connectivity index (χ4v) is 3.01. The van der Waals surface area contributed by atoms with E-state index in [1.807, 2.05) is 33.8 Å². The Morgan fingerprint density at radius 1 is 1.38 bits per heavy atom. The number of rotatable bonds is 4. The average molecular weight is 304 g/mol. The maximum absolute atomic E-state index is 12.2. The van der Waals surface area contributed by atoms with E-state index in [-0.39, 0.29) is 18.1 Å². The van der Waals surface area contributed by atoms with Gasteiger partial charge in [-0.3, -0.25) is 4.79 Å². The molecule has 0 radical (unpaired) electrons. The van der Waals surface area contributed by atoms with Crippen molar-refractivity contribution in [3.05, 3.63) is 45.4 Å². The highest BCUT2D eigenvalue weighted by atomic mass is 32.1. The Hall–Kier alpha value is -1.88. The zero-order valence-electron chi connectivity index (χ0n) is 12.7. The lowest BCUT2D eigenvalue weighted by molar-refractivity contribution is -0.122. The summed E-state index contributed by atoms with van der Waals surface area (Å²) in [6.07, 6.45) is 0.237. The van der Waals surface area contributed by atoms with Gasteiger partial charge in [0.15, 0.2) is 0 Å². The molecule has 1 aromatic carbocycles. The molecule has 0 fully saturated rings. The SMILES string of the molecule is Cc1nc(C(C)(C)NC(=O)Cc2cccc(O)c2)sc1C. The molecule has 1 amide bonds. The molecular formula is C16H20N2O2S. The highest BCUT2D eigenvalue weighted by molar-refractivity contribution is 7.11. The maximum atomic E-state index is 12.2. The summed E-state index contributed by atoms with van der Waals surface area (Å²) in [6, 6.07) is 6.75. The van der Waals surface area contributed by atoms with Crippen LogP contribution in [0.25, 0.3) is 0 Å². The summed E-state index contributed by atoms with van der Waals surface area (Å²) in [5.41, 5.74) is 1.29. The van der Waals surface area contributed by atoms with Crippen molar-refractivity contribution in [1.29, 1.82) is 0 Å². The molecule has 0 unspecified atom stereocenters. The maximum Gasteiger partial charge on any atom is 0.225 e. The van der Waals surface area contributed by atoms with Crippen LogP contribution in [0.4, 0.5) is 0 Å². The second-order valence-electron chi connectivity index (χ2n) is 5.68. The number of thiazole rings is 1. The number of hydrogen-bond donors (Lipinski definition) is 2. The van der Waals surface area contributed by atoms with E-state index >= 15 is 0 Å². The van der Waals surface area contributed by atoms with Crippen molar-refractivity contribution in [3.63, 3.8) is 0 Å². The standard InChI is InChI=1S/C16H20N2O2S/c1-10-11(2)21-15(17-10)16(3,4)18-14(20)9-12-6-5-7-13(19)8-12/h5-8,19H,9H2,1-4H3,(H,18,20). The van der Waals surface area contributed by atoms with Crippen LogP contribution in [0.15, 0.2) is 24.3 Å². The van der Waals surface area contributed by atoms with Crippen LogP contribution in [0.2, 0.25) is 0 Å². The molecule has 2 N–H and O–H groups in total. The first-order chi connectivity index (χ1) is 9.78. The van der Waals surface area contributed by atoms with E-state index in [1.54, 1.807) is 29.5 Å². The quantitative estimate of drug-likeness (QED) is 0.912. The Balaban J connectivity index is 2.07. The van der Waals surface area contributed by atoms with E-state index in [4.69, 9.17) is 0 Å². The van der Waals surface area contributed by atoms with Gasteiger partial charge < -0.3 is 10.4 Å². The second kappa shape index (κ2) is 5.85. The van der Waals surface area contributed by atoms with Gasteiger partial charge in [0.05, 0.1) is 17.7 Å². The third-order valence-electron chi connectivity index (χ3n) is 3.29. The van der Waals surface area contributed by atoms with E-state index in [1.165, 1.54) is 4.88 Å². The van der Waals surface area contributed by atoms with Crippen LogP contribution in [0.5, 0.6) is 5.75 Å². The Morgan fingerprint density at radius 2 is 2.10 bits per heavy atom. The molecule has 2 rings (SSSR count). The third kappa shape index (κ3) is 3.82. The van der Waals surface area contributed by atoms with E-state index in [0.717, 1.165) is 16.3 Å². The van der Waals surface area contributed by atoms with E-state index < -0.39 is 5.54 Å². The number of phenolic OH excluding ortho intramolecular Hbond substituents is 1. The van der Waals surface area contributed by atoms with Gasteiger partial charge in [0.1, 0.15) is 10.8 Å². The minimum Gasteiger partial charge on any atom is -0.508 e. The molecule has 0 saturated carbocycles. The number of carbonyl (C=O) groups excluding carboxylic acids is 1. The van der Waals surface area contributed by atoms with Crippen molar-refractivity contribution >= 4 is 17.2 Å². The molecule has 2 aromatic rings. The highest BCUT2D eigenvalue weighted by Gasteiger charge is 2.26. The lowest BCUT2D eigenvalue weighted by Gasteiger charge is -2.24. The van der Waals surface area contributed by atoms with Crippen molar-refractivity contribution < 1.29 is 9.90 Å². The Labute approximate surface area is 128 Å².